The Balaban J connectivity index is 1.87. The van der Waals surface area contributed by atoms with Crippen molar-refractivity contribution in [2.24, 2.45) is 0 Å². The summed E-state index contributed by atoms with van der Waals surface area (Å²) in [4.78, 5) is 16.3. The lowest BCUT2D eigenvalue weighted by molar-refractivity contribution is -0.133. The minimum Gasteiger partial charge on any atom is -0.503 e. The second kappa shape index (κ2) is 9.13. The van der Waals surface area contributed by atoms with Gasteiger partial charge in [-0.3, -0.25) is 0 Å². The van der Waals surface area contributed by atoms with Crippen LogP contribution in [0, 0.1) is 0 Å². The lowest BCUT2D eigenvalue weighted by Gasteiger charge is -2.11. The number of benzene rings is 2. The highest BCUT2D eigenvalue weighted by Crippen LogP contribution is 2.30. The molecule has 1 aromatic heterocycles. The summed E-state index contributed by atoms with van der Waals surface area (Å²) in [6.07, 6.45) is 2.65. The molecule has 1 heterocycles. The molecular formula is C20H17N3O5. The molecule has 2 aromatic carbocycles. The number of aromatic nitrogens is 3. The van der Waals surface area contributed by atoms with Crippen molar-refractivity contribution in [2.45, 2.75) is 0 Å². The average Bonchev–Trinajstić information content (AvgIpc) is 2.73. The standard InChI is InChI=1S/C20H17N3O5/c1-25-13-16(19(24)26-2)15-10-6-7-11-17(15)28-20-22-18(12-21-23-20)27-14-8-4-3-5-9-14/h3-13H,1-2H3/b16-13+. The van der Waals surface area contributed by atoms with E-state index in [1.807, 2.05) is 18.2 Å². The highest BCUT2D eigenvalue weighted by atomic mass is 16.5. The van der Waals surface area contributed by atoms with E-state index in [-0.39, 0.29) is 17.5 Å². The zero-order valence-corrected chi connectivity index (χ0v) is 15.2. The van der Waals surface area contributed by atoms with Crippen molar-refractivity contribution in [1.82, 2.24) is 15.2 Å². The molecule has 0 atom stereocenters. The first-order valence-corrected chi connectivity index (χ1v) is 8.22. The van der Waals surface area contributed by atoms with Gasteiger partial charge in [-0.05, 0) is 18.2 Å². The molecular weight excluding hydrogens is 362 g/mol. The Morgan fingerprint density at radius 3 is 2.46 bits per heavy atom. The van der Waals surface area contributed by atoms with Gasteiger partial charge in [0.05, 0.1) is 20.5 Å². The minimum atomic E-state index is -0.571. The molecule has 0 spiro atoms. The maximum atomic E-state index is 12.1. The number of methoxy groups -OCH3 is 2. The van der Waals surface area contributed by atoms with Crippen LogP contribution in [-0.2, 0) is 14.3 Å². The highest BCUT2D eigenvalue weighted by molar-refractivity contribution is 6.17. The zero-order valence-electron chi connectivity index (χ0n) is 15.2. The van der Waals surface area contributed by atoms with E-state index in [4.69, 9.17) is 18.9 Å². The Morgan fingerprint density at radius 2 is 1.71 bits per heavy atom. The van der Waals surface area contributed by atoms with Crippen molar-refractivity contribution in [3.8, 4) is 23.4 Å². The molecule has 0 aliphatic carbocycles. The van der Waals surface area contributed by atoms with E-state index in [1.165, 1.54) is 26.7 Å². The molecule has 0 N–H and O–H groups in total. The van der Waals surface area contributed by atoms with Crippen molar-refractivity contribution >= 4 is 11.5 Å². The second-order valence-electron chi connectivity index (χ2n) is 5.35. The number of rotatable bonds is 7. The Morgan fingerprint density at radius 1 is 0.964 bits per heavy atom. The highest BCUT2D eigenvalue weighted by Gasteiger charge is 2.19. The van der Waals surface area contributed by atoms with Crippen LogP contribution in [0.15, 0.2) is 67.1 Å². The van der Waals surface area contributed by atoms with Crippen LogP contribution in [-0.4, -0.2) is 35.4 Å². The maximum absolute atomic E-state index is 12.1. The normalized spacial score (nSPS) is 10.9. The van der Waals surface area contributed by atoms with Crippen molar-refractivity contribution in [3.63, 3.8) is 0 Å². The van der Waals surface area contributed by atoms with Crippen LogP contribution in [0.25, 0.3) is 5.57 Å². The number of hydrogen-bond acceptors (Lipinski definition) is 8. The molecule has 0 fully saturated rings. The van der Waals surface area contributed by atoms with Gasteiger partial charge in [-0.15, -0.1) is 5.10 Å². The third-order valence-electron chi connectivity index (χ3n) is 3.50. The molecule has 8 nitrogen and oxygen atoms in total. The number of nitrogens with zero attached hydrogens (tertiary/aromatic N) is 3. The van der Waals surface area contributed by atoms with Crippen molar-refractivity contribution in [1.29, 1.82) is 0 Å². The quantitative estimate of drug-likeness (QED) is 0.349. The molecule has 0 bridgehead atoms. The summed E-state index contributed by atoms with van der Waals surface area (Å²) >= 11 is 0. The monoisotopic (exact) mass is 379 g/mol. The first-order chi connectivity index (χ1) is 13.7. The van der Waals surface area contributed by atoms with Gasteiger partial charge in [0.15, 0.2) is 0 Å². The molecule has 8 heteroatoms. The van der Waals surface area contributed by atoms with Gasteiger partial charge in [0.2, 0.25) is 5.88 Å². The van der Waals surface area contributed by atoms with Gasteiger partial charge < -0.3 is 18.9 Å². The average molecular weight is 379 g/mol. The molecule has 3 rings (SSSR count). The molecule has 0 saturated heterocycles. The van der Waals surface area contributed by atoms with Gasteiger partial charge in [-0.2, -0.15) is 4.98 Å². The fourth-order valence-electron chi connectivity index (χ4n) is 2.30. The minimum absolute atomic E-state index is 0.0393. The van der Waals surface area contributed by atoms with Crippen molar-refractivity contribution in [3.05, 3.63) is 72.6 Å². The summed E-state index contributed by atoms with van der Waals surface area (Å²) in [5, 5.41) is 7.70. The Labute approximate surface area is 161 Å². The third kappa shape index (κ3) is 4.61. The number of para-hydroxylation sites is 2. The van der Waals surface area contributed by atoms with Crippen molar-refractivity contribution in [2.75, 3.05) is 14.2 Å². The first kappa shape index (κ1) is 18.8. The van der Waals surface area contributed by atoms with E-state index in [0.29, 0.717) is 17.1 Å². The van der Waals surface area contributed by atoms with E-state index >= 15 is 0 Å². The molecule has 142 valence electrons. The lowest BCUT2D eigenvalue weighted by Crippen LogP contribution is -2.06. The largest absolute Gasteiger partial charge is 0.503 e. The number of carbonyl (C=O) groups excluding carboxylic acids is 1. The maximum Gasteiger partial charge on any atom is 0.344 e. The number of hydrogen-bond donors (Lipinski definition) is 0. The summed E-state index contributed by atoms with van der Waals surface area (Å²) in [6, 6.07) is 15.9. The topological polar surface area (TPSA) is 92.7 Å². The van der Waals surface area contributed by atoms with Gasteiger partial charge in [0.1, 0.15) is 23.3 Å². The predicted octanol–water partition coefficient (Wildman–Crippen LogP) is 3.62. The van der Waals surface area contributed by atoms with Gasteiger partial charge in [-0.25, -0.2) is 4.79 Å². The van der Waals surface area contributed by atoms with Crippen LogP contribution in [0.3, 0.4) is 0 Å². The Bertz CT molecular complexity index is 976. The molecule has 0 unspecified atom stereocenters. The van der Waals surface area contributed by atoms with Gasteiger partial charge in [-0.1, -0.05) is 41.5 Å². The van der Waals surface area contributed by atoms with Gasteiger partial charge in [0.25, 0.3) is 0 Å². The van der Waals surface area contributed by atoms with E-state index in [9.17, 15) is 4.79 Å². The summed E-state index contributed by atoms with van der Waals surface area (Å²) in [5.74, 6) is 0.577. The van der Waals surface area contributed by atoms with Gasteiger partial charge >= 0.3 is 12.0 Å². The van der Waals surface area contributed by atoms with Crippen LogP contribution < -0.4 is 9.47 Å². The fourth-order valence-corrected chi connectivity index (χ4v) is 2.30. The van der Waals surface area contributed by atoms with Gasteiger partial charge in [0, 0.05) is 5.56 Å². The Kier molecular flexibility index (Phi) is 6.14. The molecule has 0 aliphatic heterocycles. The fraction of sp³-hybridized carbons (Fsp3) is 0.100. The smallest absolute Gasteiger partial charge is 0.344 e. The second-order valence-corrected chi connectivity index (χ2v) is 5.35. The number of carbonyl (C=O) groups is 1. The molecule has 0 aliphatic rings. The summed E-state index contributed by atoms with van der Waals surface area (Å²) in [6.45, 7) is 0. The zero-order chi connectivity index (χ0) is 19.8. The van der Waals surface area contributed by atoms with E-state index < -0.39 is 5.97 Å². The third-order valence-corrected chi connectivity index (χ3v) is 3.50. The Hall–Kier alpha value is -3.94. The number of esters is 1. The van der Waals surface area contributed by atoms with Crippen LogP contribution in [0.2, 0.25) is 0 Å². The van der Waals surface area contributed by atoms with E-state index in [2.05, 4.69) is 15.2 Å². The number of ether oxygens (including phenoxy) is 4. The molecule has 0 amide bonds. The SMILES string of the molecule is CO/C=C(/C(=O)OC)c1ccccc1Oc1nncc(Oc2ccccc2)n1. The van der Waals surface area contributed by atoms with Crippen LogP contribution in [0.5, 0.6) is 23.4 Å². The van der Waals surface area contributed by atoms with Crippen LogP contribution in [0.1, 0.15) is 5.56 Å². The first-order valence-electron chi connectivity index (χ1n) is 8.22. The molecule has 0 saturated carbocycles. The molecule has 0 radical (unpaired) electrons. The van der Waals surface area contributed by atoms with Crippen LogP contribution in [0.4, 0.5) is 0 Å². The summed E-state index contributed by atoms with van der Waals surface area (Å²) in [7, 11) is 2.72. The van der Waals surface area contributed by atoms with Crippen molar-refractivity contribution < 1.29 is 23.7 Å². The lowest BCUT2D eigenvalue weighted by atomic mass is 10.1. The molecule has 28 heavy (non-hydrogen) atoms. The molecule has 3 aromatic rings. The van der Waals surface area contributed by atoms with E-state index in [0.717, 1.165) is 0 Å². The summed E-state index contributed by atoms with van der Waals surface area (Å²) < 4.78 is 21.2. The predicted molar refractivity (Wildman–Crippen MR) is 99.9 cm³/mol. The summed E-state index contributed by atoms with van der Waals surface area (Å²) in [5.41, 5.74) is 0.638. The van der Waals surface area contributed by atoms with E-state index in [1.54, 1.807) is 36.4 Å². The van der Waals surface area contributed by atoms with Crippen LogP contribution >= 0.6 is 0 Å².